The van der Waals surface area contributed by atoms with E-state index in [0.29, 0.717) is 13.1 Å². The maximum Gasteiger partial charge on any atom is 0.342 e. The number of benzene rings is 1. The van der Waals surface area contributed by atoms with Gasteiger partial charge in [-0.15, -0.1) is 0 Å². The van der Waals surface area contributed by atoms with E-state index in [0.717, 1.165) is 25.7 Å². The number of nitrogens with one attached hydrogen (secondary N) is 2. The van der Waals surface area contributed by atoms with E-state index in [-0.39, 0.29) is 16.2 Å². The lowest BCUT2D eigenvalue weighted by Gasteiger charge is -2.21. The summed E-state index contributed by atoms with van der Waals surface area (Å²) in [6.45, 7) is 5.36. The number of nitrogens with zero attached hydrogens (tertiary/aromatic N) is 1. The molecular weight excluding hydrogens is 438 g/mol. The van der Waals surface area contributed by atoms with Gasteiger partial charge in [-0.25, -0.2) is 18.0 Å². The molecule has 10 nitrogen and oxygen atoms in total. The van der Waals surface area contributed by atoms with Crippen molar-refractivity contribution < 1.29 is 32.3 Å². The van der Waals surface area contributed by atoms with Crippen molar-refractivity contribution in [2.75, 3.05) is 26.8 Å². The van der Waals surface area contributed by atoms with Gasteiger partial charge in [0, 0.05) is 18.6 Å². The number of methoxy groups -OCH3 is 1. The molecule has 1 aromatic carbocycles. The number of esters is 1. The molecule has 0 aromatic heterocycles. The maximum atomic E-state index is 13.0. The van der Waals surface area contributed by atoms with E-state index < -0.39 is 40.1 Å². The Labute approximate surface area is 188 Å². The lowest BCUT2D eigenvalue weighted by atomic mass is 10.1. The molecule has 0 atom stereocenters. The van der Waals surface area contributed by atoms with Crippen LogP contribution in [0.3, 0.4) is 0 Å². The summed E-state index contributed by atoms with van der Waals surface area (Å²) in [4.78, 5) is 36.2. The number of hydrogen-bond acceptors (Lipinski definition) is 7. The molecule has 32 heavy (non-hydrogen) atoms. The number of ether oxygens (including phenoxy) is 2. The van der Waals surface area contributed by atoms with Crippen molar-refractivity contribution in [1.82, 2.24) is 14.9 Å². The third-order valence-electron chi connectivity index (χ3n) is 4.67. The quantitative estimate of drug-likeness (QED) is 0.610. The first-order valence-electron chi connectivity index (χ1n) is 10.4. The van der Waals surface area contributed by atoms with E-state index in [4.69, 9.17) is 9.47 Å². The highest BCUT2D eigenvalue weighted by Crippen LogP contribution is 2.26. The van der Waals surface area contributed by atoms with Crippen LogP contribution in [0.5, 0.6) is 5.75 Å². The van der Waals surface area contributed by atoms with Gasteiger partial charge in [0.25, 0.3) is 5.91 Å². The Morgan fingerprint density at radius 1 is 1.06 bits per heavy atom. The Morgan fingerprint density at radius 2 is 1.69 bits per heavy atom. The van der Waals surface area contributed by atoms with Crippen LogP contribution in [0, 0.1) is 0 Å². The minimum Gasteiger partial charge on any atom is -0.496 e. The van der Waals surface area contributed by atoms with Crippen LogP contribution in [0.2, 0.25) is 0 Å². The van der Waals surface area contributed by atoms with E-state index in [1.54, 1.807) is 20.8 Å². The molecule has 0 aliphatic carbocycles. The Morgan fingerprint density at radius 3 is 2.25 bits per heavy atom. The largest absolute Gasteiger partial charge is 0.496 e. The van der Waals surface area contributed by atoms with Crippen LogP contribution in [0.15, 0.2) is 23.1 Å². The molecule has 0 bridgehead atoms. The predicted molar refractivity (Wildman–Crippen MR) is 117 cm³/mol. The SMILES string of the molecule is COc1ccc(S(=O)(=O)N2CCCCCC2)cc1C(=O)OCC(=O)NC(=O)NC(C)(C)C. The monoisotopic (exact) mass is 469 g/mol. The number of hydrogen-bond donors (Lipinski definition) is 2. The number of urea groups is 1. The number of carbonyl (C=O) groups is 3. The fourth-order valence-electron chi connectivity index (χ4n) is 3.18. The van der Waals surface area contributed by atoms with Crippen molar-refractivity contribution in [2.24, 2.45) is 0 Å². The molecule has 1 aliphatic heterocycles. The van der Waals surface area contributed by atoms with Crippen LogP contribution < -0.4 is 15.4 Å². The van der Waals surface area contributed by atoms with Crippen molar-refractivity contribution in [3.05, 3.63) is 23.8 Å². The van der Waals surface area contributed by atoms with Crippen molar-refractivity contribution in [1.29, 1.82) is 0 Å². The molecule has 1 aromatic rings. The van der Waals surface area contributed by atoms with Crippen LogP contribution >= 0.6 is 0 Å². The highest BCUT2D eigenvalue weighted by Gasteiger charge is 2.27. The zero-order chi connectivity index (χ0) is 23.9. The zero-order valence-electron chi connectivity index (χ0n) is 18.9. The van der Waals surface area contributed by atoms with Crippen molar-refractivity contribution >= 4 is 27.9 Å². The summed E-state index contributed by atoms with van der Waals surface area (Å²) in [5.74, 6) is -1.66. The minimum absolute atomic E-state index is 0.0545. The Hall–Kier alpha value is -2.66. The fraction of sp³-hybridized carbons (Fsp3) is 0.571. The third-order valence-corrected chi connectivity index (χ3v) is 6.56. The molecule has 1 heterocycles. The highest BCUT2D eigenvalue weighted by atomic mass is 32.2. The van der Waals surface area contributed by atoms with Crippen LogP contribution in [0.25, 0.3) is 0 Å². The summed E-state index contributed by atoms with van der Waals surface area (Å²) in [6.07, 6.45) is 3.51. The topological polar surface area (TPSA) is 131 Å². The molecule has 3 amide bonds. The number of imide groups is 1. The average Bonchev–Trinajstić information content (AvgIpc) is 3.00. The van der Waals surface area contributed by atoms with E-state index in [2.05, 4.69) is 10.6 Å². The number of rotatable bonds is 6. The van der Waals surface area contributed by atoms with Crippen LogP contribution in [0.4, 0.5) is 4.79 Å². The van der Waals surface area contributed by atoms with E-state index in [1.165, 1.54) is 29.6 Å². The summed E-state index contributed by atoms with van der Waals surface area (Å²) in [7, 11) is -2.46. The van der Waals surface area contributed by atoms with Gasteiger partial charge in [0.05, 0.1) is 12.0 Å². The highest BCUT2D eigenvalue weighted by molar-refractivity contribution is 7.89. The van der Waals surface area contributed by atoms with E-state index in [9.17, 15) is 22.8 Å². The predicted octanol–water partition coefficient (Wildman–Crippen LogP) is 2.04. The number of sulfonamides is 1. The first-order chi connectivity index (χ1) is 14.9. The second-order valence-electron chi connectivity index (χ2n) is 8.51. The molecule has 0 radical (unpaired) electrons. The maximum absolute atomic E-state index is 13.0. The van der Waals surface area contributed by atoms with Gasteiger partial charge in [0.15, 0.2) is 6.61 Å². The van der Waals surface area contributed by atoms with Crippen molar-refractivity contribution in [3.8, 4) is 5.75 Å². The standard InChI is InChI=1S/C21H31N3O7S/c1-21(2,3)23-20(27)22-18(25)14-31-19(26)16-13-15(9-10-17(16)30-4)32(28,29)24-11-7-5-6-8-12-24/h9-10,13H,5-8,11-12,14H2,1-4H3,(H2,22,23,25,27). The molecule has 11 heteroatoms. The molecule has 0 unspecified atom stereocenters. The third kappa shape index (κ3) is 7.20. The van der Waals surface area contributed by atoms with Gasteiger partial charge in [-0.1, -0.05) is 12.8 Å². The van der Waals surface area contributed by atoms with Crippen molar-refractivity contribution in [3.63, 3.8) is 0 Å². The second-order valence-corrected chi connectivity index (χ2v) is 10.4. The Bertz CT molecular complexity index is 947. The summed E-state index contributed by atoms with van der Waals surface area (Å²) < 4.78 is 37.6. The minimum atomic E-state index is -3.79. The number of amides is 3. The molecule has 1 saturated heterocycles. The van der Waals surface area contributed by atoms with Gasteiger partial charge < -0.3 is 14.8 Å². The van der Waals surface area contributed by atoms with E-state index in [1.807, 2.05) is 0 Å². The smallest absolute Gasteiger partial charge is 0.342 e. The Balaban J connectivity index is 2.12. The summed E-state index contributed by atoms with van der Waals surface area (Å²) in [5.41, 5.74) is -0.677. The molecule has 0 spiro atoms. The summed E-state index contributed by atoms with van der Waals surface area (Å²) in [5, 5.41) is 4.60. The normalized spacial score (nSPS) is 15.4. The van der Waals surface area contributed by atoms with E-state index >= 15 is 0 Å². The number of carbonyl (C=O) groups excluding carboxylic acids is 3. The van der Waals surface area contributed by atoms with Gasteiger partial charge >= 0.3 is 12.0 Å². The molecular formula is C21H31N3O7S. The van der Waals surface area contributed by atoms with Gasteiger partial charge in [-0.2, -0.15) is 4.31 Å². The molecule has 178 valence electrons. The Kier molecular flexibility index (Phi) is 8.62. The molecule has 0 saturated carbocycles. The van der Waals surface area contributed by atoms with Gasteiger partial charge in [-0.05, 0) is 51.8 Å². The van der Waals surface area contributed by atoms with Gasteiger partial charge in [-0.3, -0.25) is 10.1 Å². The fourth-order valence-corrected chi connectivity index (χ4v) is 4.73. The molecule has 2 N–H and O–H groups in total. The van der Waals surface area contributed by atoms with Crippen LogP contribution in [0.1, 0.15) is 56.8 Å². The lowest BCUT2D eigenvalue weighted by molar-refractivity contribution is -0.123. The van der Waals surface area contributed by atoms with Gasteiger partial charge in [0.1, 0.15) is 11.3 Å². The molecule has 2 rings (SSSR count). The lowest BCUT2D eigenvalue weighted by Crippen LogP contribution is -2.49. The van der Waals surface area contributed by atoms with Crippen LogP contribution in [-0.4, -0.2) is 63.0 Å². The van der Waals surface area contributed by atoms with Crippen LogP contribution in [-0.2, 0) is 19.6 Å². The summed E-state index contributed by atoms with van der Waals surface area (Å²) in [6, 6.07) is 3.21. The first kappa shape index (κ1) is 25.6. The van der Waals surface area contributed by atoms with Crippen molar-refractivity contribution in [2.45, 2.75) is 56.9 Å². The van der Waals surface area contributed by atoms with Gasteiger partial charge in [0.2, 0.25) is 10.0 Å². The first-order valence-corrected chi connectivity index (χ1v) is 11.9. The summed E-state index contributed by atoms with van der Waals surface area (Å²) >= 11 is 0. The zero-order valence-corrected chi connectivity index (χ0v) is 19.7. The second kappa shape index (κ2) is 10.8. The average molecular weight is 470 g/mol. The molecule has 1 aliphatic rings. The molecule has 1 fully saturated rings.